The summed E-state index contributed by atoms with van der Waals surface area (Å²) < 4.78 is 1.14. The summed E-state index contributed by atoms with van der Waals surface area (Å²) in [5.74, 6) is 0. The Bertz CT molecular complexity index is 751. The highest BCUT2D eigenvalue weighted by Crippen LogP contribution is 2.39. The second kappa shape index (κ2) is 6.85. The number of hydrogen-bond donors (Lipinski definition) is 0. The van der Waals surface area contributed by atoms with Crippen molar-refractivity contribution in [2.45, 2.75) is 12.8 Å². The van der Waals surface area contributed by atoms with E-state index in [4.69, 9.17) is 0 Å². The van der Waals surface area contributed by atoms with Crippen LogP contribution >= 0.6 is 0 Å². The van der Waals surface area contributed by atoms with E-state index < -0.39 is 0 Å². The van der Waals surface area contributed by atoms with Crippen molar-refractivity contribution < 1.29 is 28.5 Å². The van der Waals surface area contributed by atoms with Gasteiger partial charge in [0.05, 0.1) is 27.2 Å². The number of hydrogen-bond acceptors (Lipinski definition) is 0. The van der Waals surface area contributed by atoms with E-state index in [1.165, 1.54) is 53.8 Å². The van der Waals surface area contributed by atoms with E-state index in [0.717, 1.165) is 4.48 Å². The van der Waals surface area contributed by atoms with Gasteiger partial charge in [0.2, 0.25) is 0 Å². The van der Waals surface area contributed by atoms with Gasteiger partial charge in [-0.15, -0.1) is 0 Å². The Labute approximate surface area is 162 Å². The van der Waals surface area contributed by atoms with E-state index in [1.54, 1.807) is 5.57 Å². The number of fused-ring (bicyclic) bond motifs is 2. The van der Waals surface area contributed by atoms with Crippen LogP contribution in [0.2, 0.25) is 0 Å². The number of quaternary nitrogens is 1. The van der Waals surface area contributed by atoms with Gasteiger partial charge in [0.25, 0.3) is 0 Å². The first-order chi connectivity index (χ1) is 11.1. The summed E-state index contributed by atoms with van der Waals surface area (Å²) in [6, 6.07) is 17.7. The maximum atomic E-state index is 2.35. The average molecular weight is 429 g/mol. The van der Waals surface area contributed by atoms with Crippen LogP contribution in [0.25, 0.3) is 17.7 Å². The highest BCUT2D eigenvalue weighted by molar-refractivity contribution is 5.94. The van der Waals surface area contributed by atoms with Crippen LogP contribution in [-0.4, -0.2) is 31.7 Å². The third kappa shape index (κ3) is 3.22. The number of nitrogens with zero attached hydrogens (tertiary/aromatic N) is 1. The molecule has 0 unspecified atom stereocenters. The van der Waals surface area contributed by atoms with Crippen LogP contribution in [0.1, 0.15) is 35.1 Å². The molecule has 0 bridgehead atoms. The highest BCUT2D eigenvalue weighted by atomic mass is 127. The van der Waals surface area contributed by atoms with E-state index in [2.05, 4.69) is 74.8 Å². The molecule has 0 N–H and O–H groups in total. The summed E-state index contributed by atoms with van der Waals surface area (Å²) in [6.07, 6.45) is 6.94. The number of likely N-dealkylation sites (tertiary alicyclic amines) is 1. The van der Waals surface area contributed by atoms with Crippen LogP contribution in [0, 0.1) is 0 Å². The largest absolute Gasteiger partial charge is 1.00 e. The SMILES string of the molecule is C[N+]1(C)CCC(=C2c3ccccc3C=Cc3ccccc32)CC1.[I-]. The molecule has 0 amide bonds. The fraction of sp³-hybridized carbons (Fsp3) is 0.273. The molecule has 1 aliphatic heterocycles. The lowest BCUT2D eigenvalue weighted by Crippen LogP contribution is -3.00. The first-order valence-corrected chi connectivity index (χ1v) is 8.55. The predicted molar refractivity (Wildman–Crippen MR) is 98.9 cm³/mol. The molecule has 124 valence electrons. The molecule has 2 heteroatoms. The van der Waals surface area contributed by atoms with Crippen molar-refractivity contribution in [1.29, 1.82) is 0 Å². The van der Waals surface area contributed by atoms with Crippen LogP contribution in [0.15, 0.2) is 54.1 Å². The van der Waals surface area contributed by atoms with Crippen molar-refractivity contribution in [2.24, 2.45) is 0 Å². The summed E-state index contributed by atoms with van der Waals surface area (Å²) in [5, 5.41) is 0. The molecule has 1 heterocycles. The summed E-state index contributed by atoms with van der Waals surface area (Å²) in [4.78, 5) is 0. The van der Waals surface area contributed by atoms with Gasteiger partial charge in [0.1, 0.15) is 0 Å². The van der Waals surface area contributed by atoms with Gasteiger partial charge < -0.3 is 28.5 Å². The molecule has 0 radical (unpaired) electrons. The smallest absolute Gasteiger partial charge is 0.0820 e. The summed E-state index contributed by atoms with van der Waals surface area (Å²) in [7, 11) is 4.69. The molecule has 0 aromatic heterocycles. The lowest BCUT2D eigenvalue weighted by atomic mass is 9.86. The normalized spacial score (nSPS) is 18.2. The minimum atomic E-state index is 0. The number of halogens is 1. The van der Waals surface area contributed by atoms with Gasteiger partial charge in [0, 0.05) is 12.8 Å². The Kier molecular flexibility index (Phi) is 4.97. The summed E-state index contributed by atoms with van der Waals surface area (Å²) in [5.41, 5.74) is 8.59. The molecular formula is C22H24IN. The van der Waals surface area contributed by atoms with Crippen LogP contribution in [-0.2, 0) is 0 Å². The second-order valence-corrected chi connectivity index (χ2v) is 7.37. The molecule has 0 spiro atoms. The van der Waals surface area contributed by atoms with Gasteiger partial charge in [-0.1, -0.05) is 66.3 Å². The second-order valence-electron chi connectivity index (χ2n) is 7.37. The summed E-state index contributed by atoms with van der Waals surface area (Å²) >= 11 is 0. The molecule has 24 heavy (non-hydrogen) atoms. The van der Waals surface area contributed by atoms with Crippen molar-refractivity contribution in [3.05, 3.63) is 76.4 Å². The van der Waals surface area contributed by atoms with Crippen molar-refractivity contribution >= 4 is 17.7 Å². The van der Waals surface area contributed by atoms with Gasteiger partial charge in [-0.25, -0.2) is 0 Å². The lowest BCUT2D eigenvalue weighted by Gasteiger charge is -2.35. The van der Waals surface area contributed by atoms with Crippen molar-refractivity contribution in [1.82, 2.24) is 0 Å². The zero-order chi connectivity index (χ0) is 15.9. The third-order valence-electron chi connectivity index (χ3n) is 5.29. The monoisotopic (exact) mass is 429 g/mol. The van der Waals surface area contributed by atoms with E-state index in [9.17, 15) is 0 Å². The van der Waals surface area contributed by atoms with Gasteiger partial charge in [0.15, 0.2) is 0 Å². The van der Waals surface area contributed by atoms with E-state index in [-0.39, 0.29) is 24.0 Å². The van der Waals surface area contributed by atoms with Gasteiger partial charge in [-0.05, 0) is 27.8 Å². The zero-order valence-electron chi connectivity index (χ0n) is 14.4. The molecule has 1 fully saturated rings. The predicted octanol–water partition coefficient (Wildman–Crippen LogP) is 1.85. The highest BCUT2D eigenvalue weighted by Gasteiger charge is 2.26. The molecule has 2 aliphatic rings. The van der Waals surface area contributed by atoms with Crippen LogP contribution in [0.4, 0.5) is 0 Å². The number of benzene rings is 2. The van der Waals surface area contributed by atoms with Gasteiger partial charge >= 0.3 is 0 Å². The molecule has 0 atom stereocenters. The van der Waals surface area contributed by atoms with Crippen LogP contribution < -0.4 is 24.0 Å². The molecule has 1 saturated heterocycles. The zero-order valence-corrected chi connectivity index (χ0v) is 16.6. The maximum Gasteiger partial charge on any atom is 0.0820 e. The van der Waals surface area contributed by atoms with Crippen LogP contribution in [0.5, 0.6) is 0 Å². The quantitative estimate of drug-likeness (QED) is 0.378. The Hall–Kier alpha value is -1.39. The number of piperidine rings is 1. The molecule has 1 aliphatic carbocycles. The standard InChI is InChI=1S/C22H24N.HI/c1-23(2)15-13-19(14-16-23)22-20-9-5-3-7-17(20)11-12-18-8-4-6-10-21(18)22;/h3-12H,13-16H2,1-2H3;1H/q+1;/p-1. The Morgan fingerprint density at radius 2 is 1.17 bits per heavy atom. The fourth-order valence-electron chi connectivity index (χ4n) is 3.81. The minimum Gasteiger partial charge on any atom is -1.00 e. The van der Waals surface area contributed by atoms with E-state index in [1.807, 2.05) is 0 Å². The minimum absolute atomic E-state index is 0. The lowest BCUT2D eigenvalue weighted by molar-refractivity contribution is -0.892. The third-order valence-corrected chi connectivity index (χ3v) is 5.29. The van der Waals surface area contributed by atoms with Crippen molar-refractivity contribution in [3.63, 3.8) is 0 Å². The molecular weight excluding hydrogens is 405 g/mol. The Morgan fingerprint density at radius 1 is 0.708 bits per heavy atom. The molecule has 4 rings (SSSR count). The topological polar surface area (TPSA) is 0 Å². The molecule has 1 nitrogen and oxygen atoms in total. The van der Waals surface area contributed by atoms with Crippen molar-refractivity contribution in [3.8, 4) is 0 Å². The Balaban J connectivity index is 0.00000169. The summed E-state index contributed by atoms with van der Waals surface area (Å²) in [6.45, 7) is 2.47. The van der Waals surface area contributed by atoms with Crippen molar-refractivity contribution in [2.75, 3.05) is 27.2 Å². The average Bonchev–Trinajstić information content (AvgIpc) is 2.72. The Morgan fingerprint density at radius 3 is 1.67 bits per heavy atom. The molecule has 2 aromatic rings. The fourth-order valence-corrected chi connectivity index (χ4v) is 3.81. The molecule has 2 aromatic carbocycles. The maximum absolute atomic E-state index is 2.35. The van der Waals surface area contributed by atoms with E-state index >= 15 is 0 Å². The molecule has 0 saturated carbocycles. The van der Waals surface area contributed by atoms with Gasteiger partial charge in [-0.2, -0.15) is 0 Å². The first-order valence-electron chi connectivity index (χ1n) is 8.55. The van der Waals surface area contributed by atoms with E-state index in [0.29, 0.717) is 0 Å². The van der Waals surface area contributed by atoms with Gasteiger partial charge in [-0.3, -0.25) is 0 Å². The van der Waals surface area contributed by atoms with Crippen LogP contribution in [0.3, 0.4) is 0 Å². The first kappa shape index (κ1) is 17.4. The number of rotatable bonds is 0.